The number of carbonyl (C=O) groups is 2. The summed E-state index contributed by atoms with van der Waals surface area (Å²) in [7, 11) is 0. The van der Waals surface area contributed by atoms with Gasteiger partial charge >= 0.3 is 5.97 Å². The SMILES string of the molecule is N#Cc1cccc(NC(=O)COC(=O)c2sc3cc(Cl)ccc3c2Cl)c1. The summed E-state index contributed by atoms with van der Waals surface area (Å²) < 4.78 is 5.79. The molecule has 3 rings (SSSR count). The number of nitrogens with one attached hydrogen (secondary N) is 1. The summed E-state index contributed by atoms with van der Waals surface area (Å²) in [6.45, 7) is -0.471. The van der Waals surface area contributed by atoms with E-state index >= 15 is 0 Å². The highest BCUT2D eigenvalue weighted by molar-refractivity contribution is 7.21. The molecule has 130 valence electrons. The number of anilines is 1. The van der Waals surface area contributed by atoms with Gasteiger partial charge in [0.15, 0.2) is 6.61 Å². The monoisotopic (exact) mass is 404 g/mol. The van der Waals surface area contributed by atoms with Gasteiger partial charge in [-0.1, -0.05) is 35.3 Å². The Kier molecular flexibility index (Phi) is 5.43. The van der Waals surface area contributed by atoms with Gasteiger partial charge in [0.2, 0.25) is 0 Å². The van der Waals surface area contributed by atoms with E-state index in [9.17, 15) is 9.59 Å². The van der Waals surface area contributed by atoms with Crippen molar-refractivity contribution in [3.8, 4) is 6.07 Å². The van der Waals surface area contributed by atoms with Gasteiger partial charge in [-0.15, -0.1) is 11.3 Å². The number of benzene rings is 2. The first kappa shape index (κ1) is 18.2. The highest BCUT2D eigenvalue weighted by Gasteiger charge is 2.19. The topological polar surface area (TPSA) is 79.2 Å². The third kappa shape index (κ3) is 3.97. The van der Waals surface area contributed by atoms with E-state index in [1.165, 1.54) is 6.07 Å². The summed E-state index contributed by atoms with van der Waals surface area (Å²) >= 11 is 13.3. The molecule has 0 radical (unpaired) electrons. The second kappa shape index (κ2) is 7.75. The normalized spacial score (nSPS) is 10.3. The molecule has 0 saturated carbocycles. The Balaban J connectivity index is 1.66. The number of hydrogen-bond acceptors (Lipinski definition) is 5. The number of halogens is 2. The predicted molar refractivity (Wildman–Crippen MR) is 102 cm³/mol. The molecule has 2 aromatic carbocycles. The van der Waals surface area contributed by atoms with E-state index in [4.69, 9.17) is 33.2 Å². The number of fused-ring (bicyclic) bond motifs is 1. The van der Waals surface area contributed by atoms with Crippen LogP contribution in [-0.2, 0) is 9.53 Å². The zero-order valence-electron chi connectivity index (χ0n) is 13.1. The summed E-state index contributed by atoms with van der Waals surface area (Å²) in [6.07, 6.45) is 0. The summed E-state index contributed by atoms with van der Waals surface area (Å²) in [4.78, 5) is 24.4. The molecule has 0 atom stereocenters. The number of rotatable bonds is 4. The highest BCUT2D eigenvalue weighted by atomic mass is 35.5. The van der Waals surface area contributed by atoms with Crippen LogP contribution < -0.4 is 5.32 Å². The van der Waals surface area contributed by atoms with Gasteiger partial charge in [0.1, 0.15) is 4.88 Å². The van der Waals surface area contributed by atoms with Crippen molar-refractivity contribution in [2.24, 2.45) is 0 Å². The molecule has 0 unspecified atom stereocenters. The largest absolute Gasteiger partial charge is 0.451 e. The van der Waals surface area contributed by atoms with Crippen molar-refractivity contribution < 1.29 is 14.3 Å². The predicted octanol–water partition coefficient (Wildman–Crippen LogP) is 4.88. The lowest BCUT2D eigenvalue weighted by atomic mass is 10.2. The van der Waals surface area contributed by atoms with Gasteiger partial charge in [0.25, 0.3) is 5.91 Å². The van der Waals surface area contributed by atoms with Crippen molar-refractivity contribution >= 4 is 62.2 Å². The first-order valence-corrected chi connectivity index (χ1v) is 8.90. The average Bonchev–Trinajstić information content (AvgIpc) is 2.95. The summed E-state index contributed by atoms with van der Waals surface area (Å²) in [5, 5.41) is 12.9. The molecule has 1 heterocycles. The molecule has 8 heteroatoms. The number of hydrogen-bond donors (Lipinski definition) is 1. The van der Waals surface area contributed by atoms with Crippen LogP contribution in [0.3, 0.4) is 0 Å². The molecular weight excluding hydrogens is 395 g/mol. The lowest BCUT2D eigenvalue weighted by molar-refractivity contribution is -0.119. The molecule has 0 bridgehead atoms. The van der Waals surface area contributed by atoms with E-state index in [1.54, 1.807) is 36.4 Å². The molecule has 0 spiro atoms. The number of nitriles is 1. The Hall–Kier alpha value is -2.59. The van der Waals surface area contributed by atoms with Crippen LogP contribution in [0.25, 0.3) is 10.1 Å². The molecule has 0 aliphatic rings. The third-order valence-electron chi connectivity index (χ3n) is 3.39. The van der Waals surface area contributed by atoms with Gasteiger partial charge in [-0.25, -0.2) is 4.79 Å². The van der Waals surface area contributed by atoms with E-state index in [0.29, 0.717) is 21.7 Å². The van der Waals surface area contributed by atoms with Crippen molar-refractivity contribution in [2.75, 3.05) is 11.9 Å². The molecule has 3 aromatic rings. The zero-order chi connectivity index (χ0) is 18.7. The van der Waals surface area contributed by atoms with Gasteiger partial charge in [0.05, 0.1) is 16.7 Å². The molecule has 0 fully saturated rings. The van der Waals surface area contributed by atoms with Crippen LogP contribution >= 0.6 is 34.5 Å². The number of amides is 1. The number of thiophene rings is 1. The molecule has 5 nitrogen and oxygen atoms in total. The fraction of sp³-hybridized carbons (Fsp3) is 0.0556. The van der Waals surface area contributed by atoms with Gasteiger partial charge in [-0.2, -0.15) is 5.26 Å². The van der Waals surface area contributed by atoms with Crippen molar-refractivity contribution in [3.05, 3.63) is 63.0 Å². The molecule has 0 aliphatic carbocycles. The van der Waals surface area contributed by atoms with Crippen LogP contribution in [0.4, 0.5) is 5.69 Å². The number of ether oxygens (including phenoxy) is 1. The summed E-state index contributed by atoms with van der Waals surface area (Å²) in [5.41, 5.74) is 0.857. The molecular formula is C18H10Cl2N2O3S. The van der Waals surface area contributed by atoms with Crippen molar-refractivity contribution in [3.63, 3.8) is 0 Å². The molecule has 1 N–H and O–H groups in total. The third-order valence-corrected chi connectivity index (χ3v) is 5.26. The van der Waals surface area contributed by atoms with E-state index < -0.39 is 18.5 Å². The first-order chi connectivity index (χ1) is 12.5. The number of carbonyl (C=O) groups excluding carboxylic acids is 2. The highest BCUT2D eigenvalue weighted by Crippen LogP contribution is 2.37. The minimum absolute atomic E-state index is 0.211. The zero-order valence-corrected chi connectivity index (χ0v) is 15.4. The van der Waals surface area contributed by atoms with Gasteiger partial charge in [0, 0.05) is 20.8 Å². The van der Waals surface area contributed by atoms with Crippen LogP contribution in [0.15, 0.2) is 42.5 Å². The lowest BCUT2D eigenvalue weighted by Gasteiger charge is -2.06. The maximum Gasteiger partial charge on any atom is 0.350 e. The Morgan fingerprint density at radius 3 is 2.77 bits per heavy atom. The Labute approximate surface area is 162 Å². The maximum atomic E-state index is 12.2. The average molecular weight is 405 g/mol. The van der Waals surface area contributed by atoms with Gasteiger partial charge in [-0.3, -0.25) is 4.79 Å². The van der Waals surface area contributed by atoms with Crippen molar-refractivity contribution in [1.82, 2.24) is 0 Å². The van der Waals surface area contributed by atoms with Crippen LogP contribution in [0.5, 0.6) is 0 Å². The Morgan fingerprint density at radius 1 is 1.19 bits per heavy atom. The van der Waals surface area contributed by atoms with Crippen molar-refractivity contribution in [2.45, 2.75) is 0 Å². The second-order valence-electron chi connectivity index (χ2n) is 5.20. The minimum Gasteiger partial charge on any atom is -0.451 e. The Bertz CT molecular complexity index is 1060. The standard InChI is InChI=1S/C18H10Cl2N2O3S/c19-11-4-5-13-14(7-11)26-17(16(13)20)18(24)25-9-15(23)22-12-3-1-2-10(6-12)8-21/h1-7H,9H2,(H,22,23). The molecule has 0 saturated heterocycles. The molecule has 26 heavy (non-hydrogen) atoms. The molecule has 0 aliphatic heterocycles. The first-order valence-electron chi connectivity index (χ1n) is 7.32. The van der Waals surface area contributed by atoms with Gasteiger partial charge < -0.3 is 10.1 Å². The lowest BCUT2D eigenvalue weighted by Crippen LogP contribution is -2.20. The molecule has 1 amide bonds. The van der Waals surface area contributed by atoms with E-state index in [2.05, 4.69) is 5.32 Å². The van der Waals surface area contributed by atoms with E-state index in [1.807, 2.05) is 6.07 Å². The van der Waals surface area contributed by atoms with E-state index in [-0.39, 0.29) is 9.90 Å². The number of esters is 1. The Morgan fingerprint density at radius 2 is 2.00 bits per heavy atom. The smallest absolute Gasteiger partial charge is 0.350 e. The minimum atomic E-state index is -0.687. The number of nitrogens with zero attached hydrogens (tertiary/aromatic N) is 1. The summed E-state index contributed by atoms with van der Waals surface area (Å²) in [5.74, 6) is -1.21. The van der Waals surface area contributed by atoms with Gasteiger partial charge in [-0.05, 0) is 30.3 Å². The maximum absolute atomic E-state index is 12.2. The van der Waals surface area contributed by atoms with Crippen LogP contribution in [0.1, 0.15) is 15.2 Å². The second-order valence-corrected chi connectivity index (χ2v) is 7.07. The van der Waals surface area contributed by atoms with Crippen molar-refractivity contribution in [1.29, 1.82) is 5.26 Å². The summed E-state index contributed by atoms with van der Waals surface area (Å²) in [6, 6.07) is 13.5. The van der Waals surface area contributed by atoms with Crippen LogP contribution in [0, 0.1) is 11.3 Å². The quantitative estimate of drug-likeness (QED) is 0.628. The molecule has 1 aromatic heterocycles. The fourth-order valence-corrected chi connectivity index (χ4v) is 3.91. The van der Waals surface area contributed by atoms with Crippen LogP contribution in [-0.4, -0.2) is 18.5 Å². The van der Waals surface area contributed by atoms with Crippen LogP contribution in [0.2, 0.25) is 10.0 Å². The fourth-order valence-electron chi connectivity index (χ4n) is 2.23. The van der Waals surface area contributed by atoms with E-state index in [0.717, 1.165) is 16.0 Å².